The molecule has 0 bridgehead atoms. The third-order valence-electron chi connectivity index (χ3n) is 1.72. The van der Waals surface area contributed by atoms with Crippen molar-refractivity contribution >= 4 is 17.4 Å². The molecule has 0 aliphatic heterocycles. The van der Waals surface area contributed by atoms with E-state index in [0.717, 1.165) is 5.69 Å². The minimum atomic E-state index is 0.349. The van der Waals surface area contributed by atoms with E-state index < -0.39 is 0 Å². The Morgan fingerprint density at radius 2 is 2.07 bits per heavy atom. The summed E-state index contributed by atoms with van der Waals surface area (Å²) >= 11 is 5.82. The molecule has 0 spiro atoms. The predicted molar refractivity (Wildman–Crippen MR) is 56.4 cm³/mol. The molecule has 2 aromatic rings. The van der Waals surface area contributed by atoms with Gasteiger partial charge in [-0.2, -0.15) is 10.2 Å². The van der Waals surface area contributed by atoms with Gasteiger partial charge < -0.3 is 5.32 Å². The first-order valence-electron chi connectivity index (χ1n) is 4.33. The largest absolute Gasteiger partial charge is 0.362 e. The first-order chi connectivity index (χ1) is 7.36. The van der Waals surface area contributed by atoms with Gasteiger partial charge in [0.25, 0.3) is 0 Å². The van der Waals surface area contributed by atoms with Gasteiger partial charge in [0.1, 0.15) is 0 Å². The van der Waals surface area contributed by atoms with Crippen LogP contribution in [0.3, 0.4) is 0 Å². The molecule has 6 heteroatoms. The van der Waals surface area contributed by atoms with Gasteiger partial charge in [0.05, 0.1) is 12.2 Å². The Hall–Kier alpha value is -1.75. The topological polar surface area (TPSA) is 63.6 Å². The van der Waals surface area contributed by atoms with Crippen LogP contribution in [0.1, 0.15) is 5.69 Å². The van der Waals surface area contributed by atoms with E-state index in [2.05, 4.69) is 25.5 Å². The number of anilines is 1. The monoisotopic (exact) mass is 221 g/mol. The molecular weight excluding hydrogens is 214 g/mol. The highest BCUT2D eigenvalue weighted by Crippen LogP contribution is 2.14. The van der Waals surface area contributed by atoms with Crippen molar-refractivity contribution in [1.29, 1.82) is 0 Å². The van der Waals surface area contributed by atoms with Crippen molar-refractivity contribution in [3.8, 4) is 0 Å². The molecule has 2 aromatic heterocycles. The third-order valence-corrected chi connectivity index (χ3v) is 1.99. The van der Waals surface area contributed by atoms with Gasteiger partial charge in [-0.3, -0.25) is 0 Å². The lowest BCUT2D eigenvalue weighted by molar-refractivity contribution is 0.919. The summed E-state index contributed by atoms with van der Waals surface area (Å²) < 4.78 is 0. The van der Waals surface area contributed by atoms with E-state index in [0.29, 0.717) is 17.5 Å². The van der Waals surface area contributed by atoms with Crippen LogP contribution in [0.4, 0.5) is 5.82 Å². The molecule has 15 heavy (non-hydrogen) atoms. The second-order valence-electron chi connectivity index (χ2n) is 2.76. The molecule has 0 saturated carbocycles. The maximum atomic E-state index is 5.82. The SMILES string of the molecule is Clc1nccnc1NCc1cccnn1. The Morgan fingerprint density at radius 3 is 2.80 bits per heavy atom. The van der Waals surface area contributed by atoms with Gasteiger partial charge in [0.15, 0.2) is 11.0 Å². The van der Waals surface area contributed by atoms with Gasteiger partial charge in [0.2, 0.25) is 0 Å². The summed E-state index contributed by atoms with van der Waals surface area (Å²) in [6, 6.07) is 3.69. The molecule has 0 radical (unpaired) electrons. The van der Waals surface area contributed by atoms with Crippen LogP contribution in [0.5, 0.6) is 0 Å². The molecule has 0 amide bonds. The van der Waals surface area contributed by atoms with Crippen LogP contribution in [-0.4, -0.2) is 20.2 Å². The molecule has 2 heterocycles. The molecular formula is C9H8ClN5. The Bertz CT molecular complexity index is 434. The highest BCUT2D eigenvalue weighted by Gasteiger charge is 2.01. The Labute approximate surface area is 91.6 Å². The molecule has 0 unspecified atom stereocenters. The Morgan fingerprint density at radius 1 is 1.20 bits per heavy atom. The third kappa shape index (κ3) is 2.60. The molecule has 0 aromatic carbocycles. The fourth-order valence-electron chi connectivity index (χ4n) is 1.04. The standard InChI is InChI=1S/C9H8ClN5/c10-8-9(12-5-4-11-8)13-6-7-2-1-3-14-15-7/h1-5H,6H2,(H,12,13). The summed E-state index contributed by atoms with van der Waals surface area (Å²) in [5, 5.41) is 11.0. The number of nitrogens with one attached hydrogen (secondary N) is 1. The van der Waals surface area contributed by atoms with E-state index in [1.807, 2.05) is 12.1 Å². The summed E-state index contributed by atoms with van der Waals surface area (Å²) in [4.78, 5) is 7.94. The molecule has 1 N–H and O–H groups in total. The normalized spacial score (nSPS) is 9.93. The van der Waals surface area contributed by atoms with Gasteiger partial charge in [-0.15, -0.1) is 0 Å². The van der Waals surface area contributed by atoms with Crippen LogP contribution in [-0.2, 0) is 6.54 Å². The van der Waals surface area contributed by atoms with Crippen molar-refractivity contribution in [2.24, 2.45) is 0 Å². The van der Waals surface area contributed by atoms with Gasteiger partial charge in [-0.05, 0) is 12.1 Å². The van der Waals surface area contributed by atoms with Crippen LogP contribution in [0.2, 0.25) is 5.15 Å². The minimum Gasteiger partial charge on any atom is -0.362 e. The summed E-state index contributed by atoms with van der Waals surface area (Å²) in [7, 11) is 0. The highest BCUT2D eigenvalue weighted by atomic mass is 35.5. The van der Waals surface area contributed by atoms with E-state index in [4.69, 9.17) is 11.6 Å². The zero-order valence-corrected chi connectivity index (χ0v) is 8.52. The second-order valence-corrected chi connectivity index (χ2v) is 3.12. The average Bonchev–Trinajstić information content (AvgIpc) is 2.29. The van der Waals surface area contributed by atoms with E-state index in [1.165, 1.54) is 6.20 Å². The highest BCUT2D eigenvalue weighted by molar-refractivity contribution is 6.31. The van der Waals surface area contributed by atoms with Crippen LogP contribution < -0.4 is 5.32 Å². The van der Waals surface area contributed by atoms with Crippen LogP contribution in [0, 0.1) is 0 Å². The lowest BCUT2D eigenvalue weighted by Gasteiger charge is -2.04. The van der Waals surface area contributed by atoms with Crippen molar-refractivity contribution in [1.82, 2.24) is 20.2 Å². The minimum absolute atomic E-state index is 0.349. The van der Waals surface area contributed by atoms with E-state index in [-0.39, 0.29) is 0 Å². The van der Waals surface area contributed by atoms with Crippen molar-refractivity contribution in [3.63, 3.8) is 0 Å². The average molecular weight is 222 g/mol. The molecule has 0 aliphatic carbocycles. The maximum absolute atomic E-state index is 5.82. The second kappa shape index (κ2) is 4.65. The fourth-order valence-corrected chi connectivity index (χ4v) is 1.21. The van der Waals surface area contributed by atoms with Gasteiger partial charge >= 0.3 is 0 Å². The van der Waals surface area contributed by atoms with E-state index in [1.54, 1.807) is 12.4 Å². The smallest absolute Gasteiger partial charge is 0.171 e. The van der Waals surface area contributed by atoms with Gasteiger partial charge in [-0.25, -0.2) is 9.97 Å². The molecule has 0 atom stereocenters. The number of nitrogens with zero attached hydrogens (tertiary/aromatic N) is 4. The van der Waals surface area contributed by atoms with Crippen molar-refractivity contribution < 1.29 is 0 Å². The number of hydrogen-bond acceptors (Lipinski definition) is 5. The molecule has 5 nitrogen and oxygen atoms in total. The first-order valence-corrected chi connectivity index (χ1v) is 4.71. The lowest BCUT2D eigenvalue weighted by Crippen LogP contribution is -2.04. The zero-order valence-electron chi connectivity index (χ0n) is 7.76. The first kappa shape index (κ1) is 9.79. The lowest BCUT2D eigenvalue weighted by atomic mass is 10.4. The quantitative estimate of drug-likeness (QED) is 0.852. The summed E-state index contributed by atoms with van der Waals surface area (Å²) in [6.07, 6.45) is 4.74. The fraction of sp³-hybridized carbons (Fsp3) is 0.111. The van der Waals surface area contributed by atoms with Crippen molar-refractivity contribution in [3.05, 3.63) is 41.6 Å². The van der Waals surface area contributed by atoms with Crippen molar-refractivity contribution in [2.45, 2.75) is 6.54 Å². The number of aromatic nitrogens is 4. The van der Waals surface area contributed by atoms with Crippen LogP contribution in [0.25, 0.3) is 0 Å². The van der Waals surface area contributed by atoms with Crippen molar-refractivity contribution in [2.75, 3.05) is 5.32 Å². The zero-order chi connectivity index (χ0) is 10.5. The van der Waals surface area contributed by atoms with Crippen LogP contribution >= 0.6 is 11.6 Å². The van der Waals surface area contributed by atoms with E-state index in [9.17, 15) is 0 Å². The number of rotatable bonds is 3. The molecule has 0 fully saturated rings. The van der Waals surface area contributed by atoms with Gasteiger partial charge in [0, 0.05) is 18.6 Å². The summed E-state index contributed by atoms with van der Waals surface area (Å²) in [5.74, 6) is 0.546. The Balaban J connectivity index is 2.03. The van der Waals surface area contributed by atoms with E-state index >= 15 is 0 Å². The summed E-state index contributed by atoms with van der Waals surface area (Å²) in [5.41, 5.74) is 0.819. The molecule has 0 aliphatic rings. The predicted octanol–water partition coefficient (Wildman–Crippen LogP) is 1.53. The maximum Gasteiger partial charge on any atom is 0.171 e. The Kier molecular flexibility index (Phi) is 3.04. The molecule has 0 saturated heterocycles. The number of halogens is 1. The van der Waals surface area contributed by atoms with Crippen LogP contribution in [0.15, 0.2) is 30.7 Å². The van der Waals surface area contributed by atoms with Gasteiger partial charge in [-0.1, -0.05) is 11.6 Å². The summed E-state index contributed by atoms with van der Waals surface area (Å²) in [6.45, 7) is 0.520. The molecule has 2 rings (SSSR count). The molecule has 76 valence electrons. The number of hydrogen-bond donors (Lipinski definition) is 1.